The first kappa shape index (κ1) is 24.4. The summed E-state index contributed by atoms with van der Waals surface area (Å²) in [6.07, 6.45) is 1.75. The maximum absolute atomic E-state index is 10.7. The molecular weight excluding hydrogens is 482 g/mol. The van der Waals surface area contributed by atoms with E-state index < -0.39 is 5.97 Å². The number of pyridine rings is 1. The Bertz CT molecular complexity index is 1220. The predicted octanol–water partition coefficient (Wildman–Crippen LogP) is 6.42. The molecule has 0 aliphatic carbocycles. The van der Waals surface area contributed by atoms with E-state index in [-0.39, 0.29) is 19.0 Å². The van der Waals surface area contributed by atoms with Crippen molar-refractivity contribution < 1.29 is 19.4 Å². The van der Waals surface area contributed by atoms with Crippen LogP contribution >= 0.6 is 35.5 Å². The zero-order valence-electron chi connectivity index (χ0n) is 17.4. The lowest BCUT2D eigenvalue weighted by molar-refractivity contribution is -0.139. The SMILES string of the molecule is Cc1csc(Nc2ncc(Sc3cccc(OCC(=O)O)c3)cc2Oc2ccccc2)n1.Cl. The van der Waals surface area contributed by atoms with Gasteiger partial charge in [0.25, 0.3) is 0 Å². The molecule has 0 atom stereocenters. The van der Waals surface area contributed by atoms with Gasteiger partial charge in [-0.2, -0.15) is 0 Å². The van der Waals surface area contributed by atoms with Gasteiger partial charge in [-0.05, 0) is 37.3 Å². The van der Waals surface area contributed by atoms with Crippen molar-refractivity contribution in [1.82, 2.24) is 9.97 Å². The van der Waals surface area contributed by atoms with Crippen LogP contribution in [0.2, 0.25) is 0 Å². The summed E-state index contributed by atoms with van der Waals surface area (Å²) in [6.45, 7) is 1.55. The van der Waals surface area contributed by atoms with E-state index in [1.807, 2.05) is 60.8 Å². The van der Waals surface area contributed by atoms with E-state index >= 15 is 0 Å². The van der Waals surface area contributed by atoms with E-state index in [1.54, 1.807) is 18.3 Å². The third kappa shape index (κ3) is 7.11. The topological polar surface area (TPSA) is 93.6 Å². The number of carbonyl (C=O) groups is 1. The maximum atomic E-state index is 10.7. The van der Waals surface area contributed by atoms with Crippen LogP contribution in [0.15, 0.2) is 82.0 Å². The molecule has 2 aromatic heterocycles. The summed E-state index contributed by atoms with van der Waals surface area (Å²) >= 11 is 2.96. The summed E-state index contributed by atoms with van der Waals surface area (Å²) in [5, 5.41) is 14.7. The van der Waals surface area contributed by atoms with Crippen LogP contribution in [0.25, 0.3) is 0 Å². The number of carboxylic acids is 1. The number of para-hydroxylation sites is 1. The molecule has 2 N–H and O–H groups in total. The third-order valence-electron chi connectivity index (χ3n) is 4.05. The molecule has 0 radical (unpaired) electrons. The number of aromatic nitrogens is 2. The molecule has 0 unspecified atom stereocenters. The van der Waals surface area contributed by atoms with Crippen LogP contribution in [-0.2, 0) is 4.79 Å². The summed E-state index contributed by atoms with van der Waals surface area (Å²) in [4.78, 5) is 21.5. The van der Waals surface area contributed by atoms with Gasteiger partial charge in [0.05, 0.1) is 5.69 Å². The van der Waals surface area contributed by atoms with Gasteiger partial charge in [0.15, 0.2) is 23.3 Å². The third-order valence-corrected chi connectivity index (χ3v) is 5.87. The van der Waals surface area contributed by atoms with Crippen molar-refractivity contribution in [3.05, 3.63) is 77.9 Å². The summed E-state index contributed by atoms with van der Waals surface area (Å²) in [6, 6.07) is 18.6. The molecule has 0 aliphatic rings. The van der Waals surface area contributed by atoms with E-state index in [2.05, 4.69) is 15.3 Å². The Labute approximate surface area is 205 Å². The first-order valence-electron chi connectivity index (χ1n) is 9.60. The smallest absolute Gasteiger partial charge is 0.341 e. The summed E-state index contributed by atoms with van der Waals surface area (Å²) in [5.41, 5.74) is 0.931. The molecule has 0 spiro atoms. The number of benzene rings is 2. The second-order valence-electron chi connectivity index (χ2n) is 6.61. The van der Waals surface area contributed by atoms with Crippen LogP contribution in [0.5, 0.6) is 17.2 Å². The molecule has 0 saturated heterocycles. The second kappa shape index (κ2) is 11.6. The molecule has 0 bridgehead atoms. The van der Waals surface area contributed by atoms with Crippen molar-refractivity contribution in [2.45, 2.75) is 16.7 Å². The standard InChI is InChI=1S/C23H19N3O4S2.ClH/c1-15-14-31-23(25-15)26-22-20(30-16-6-3-2-4-7-16)11-19(12-24-22)32-18-9-5-8-17(10-18)29-13-21(27)28;/h2-12,14H,13H2,1H3,(H,27,28)(H,24,25,26);1H. The van der Waals surface area contributed by atoms with Gasteiger partial charge in [-0.15, -0.1) is 23.7 Å². The molecule has 0 aliphatic heterocycles. The van der Waals surface area contributed by atoms with Gasteiger partial charge in [0, 0.05) is 27.4 Å². The van der Waals surface area contributed by atoms with Crippen molar-refractivity contribution in [1.29, 1.82) is 0 Å². The van der Waals surface area contributed by atoms with Crippen LogP contribution in [-0.4, -0.2) is 27.7 Å². The number of nitrogens with one attached hydrogen (secondary N) is 1. The molecule has 33 heavy (non-hydrogen) atoms. The number of rotatable bonds is 9. The fourth-order valence-corrected chi connectivity index (χ4v) is 4.24. The van der Waals surface area contributed by atoms with Gasteiger partial charge in [-0.25, -0.2) is 14.8 Å². The number of aryl methyl sites for hydroxylation is 1. The highest BCUT2D eigenvalue weighted by atomic mass is 35.5. The van der Waals surface area contributed by atoms with Crippen molar-refractivity contribution in [2.75, 3.05) is 11.9 Å². The Morgan fingerprint density at radius 3 is 2.61 bits per heavy atom. The van der Waals surface area contributed by atoms with E-state index in [9.17, 15) is 4.79 Å². The number of hydrogen-bond donors (Lipinski definition) is 2. The molecule has 2 aromatic carbocycles. The number of halogens is 1. The van der Waals surface area contributed by atoms with Crippen molar-refractivity contribution in [3.63, 3.8) is 0 Å². The largest absolute Gasteiger partial charge is 0.482 e. The lowest BCUT2D eigenvalue weighted by Gasteiger charge is -2.13. The fraction of sp³-hybridized carbons (Fsp3) is 0.0870. The van der Waals surface area contributed by atoms with Crippen LogP contribution in [0.1, 0.15) is 5.69 Å². The average Bonchev–Trinajstić information content (AvgIpc) is 3.20. The lowest BCUT2D eigenvalue weighted by atomic mass is 10.3. The molecule has 0 fully saturated rings. The number of thiazole rings is 1. The van der Waals surface area contributed by atoms with Gasteiger partial charge in [-0.3, -0.25) is 0 Å². The molecule has 2 heterocycles. The first-order chi connectivity index (χ1) is 15.5. The van der Waals surface area contributed by atoms with E-state index in [0.717, 1.165) is 20.6 Å². The monoisotopic (exact) mass is 501 g/mol. The zero-order chi connectivity index (χ0) is 22.3. The Morgan fingerprint density at radius 2 is 1.88 bits per heavy atom. The van der Waals surface area contributed by atoms with Gasteiger partial charge in [0.2, 0.25) is 0 Å². The summed E-state index contributed by atoms with van der Waals surface area (Å²) in [7, 11) is 0. The molecule has 170 valence electrons. The number of hydrogen-bond acceptors (Lipinski definition) is 8. The van der Waals surface area contributed by atoms with Crippen LogP contribution < -0.4 is 14.8 Å². The lowest BCUT2D eigenvalue weighted by Crippen LogP contribution is -2.09. The summed E-state index contributed by atoms with van der Waals surface area (Å²) < 4.78 is 11.4. The van der Waals surface area contributed by atoms with E-state index in [0.29, 0.717) is 23.1 Å². The van der Waals surface area contributed by atoms with Crippen LogP contribution in [0.4, 0.5) is 10.9 Å². The number of anilines is 2. The van der Waals surface area contributed by atoms with Crippen molar-refractivity contribution in [2.24, 2.45) is 0 Å². The van der Waals surface area contributed by atoms with Gasteiger partial charge < -0.3 is 19.9 Å². The van der Waals surface area contributed by atoms with Gasteiger partial charge in [0.1, 0.15) is 11.5 Å². The second-order valence-corrected chi connectivity index (χ2v) is 8.62. The molecule has 0 amide bonds. The molecule has 4 aromatic rings. The normalized spacial score (nSPS) is 10.2. The number of nitrogens with zero attached hydrogens (tertiary/aromatic N) is 2. The molecule has 10 heteroatoms. The maximum Gasteiger partial charge on any atom is 0.341 e. The Hall–Kier alpha value is -3.27. The van der Waals surface area contributed by atoms with Crippen molar-refractivity contribution in [3.8, 4) is 17.2 Å². The molecular formula is C23H20ClN3O4S2. The van der Waals surface area contributed by atoms with Crippen molar-refractivity contribution >= 4 is 52.4 Å². The van der Waals surface area contributed by atoms with E-state index in [1.165, 1.54) is 23.1 Å². The first-order valence-corrected chi connectivity index (χ1v) is 11.3. The molecule has 4 rings (SSSR count). The van der Waals surface area contributed by atoms with E-state index in [4.69, 9.17) is 14.6 Å². The highest BCUT2D eigenvalue weighted by molar-refractivity contribution is 7.99. The average molecular weight is 502 g/mol. The highest BCUT2D eigenvalue weighted by Crippen LogP contribution is 2.37. The minimum absolute atomic E-state index is 0. The number of carboxylic acid groups (broad SMARTS) is 1. The Kier molecular flexibility index (Phi) is 8.53. The fourth-order valence-electron chi connectivity index (χ4n) is 2.69. The Morgan fingerprint density at radius 1 is 1.09 bits per heavy atom. The zero-order valence-corrected chi connectivity index (χ0v) is 19.9. The summed E-state index contributed by atoms with van der Waals surface area (Å²) in [5.74, 6) is 1.29. The highest BCUT2D eigenvalue weighted by Gasteiger charge is 2.12. The van der Waals surface area contributed by atoms with Crippen LogP contribution in [0, 0.1) is 6.92 Å². The minimum atomic E-state index is -1.02. The number of aliphatic carboxylic acids is 1. The predicted molar refractivity (Wildman–Crippen MR) is 132 cm³/mol. The number of ether oxygens (including phenoxy) is 2. The Balaban J connectivity index is 0.00000306. The molecule has 7 nitrogen and oxygen atoms in total. The minimum Gasteiger partial charge on any atom is -0.482 e. The van der Waals surface area contributed by atoms with Gasteiger partial charge in [-0.1, -0.05) is 36.0 Å². The molecule has 0 saturated carbocycles. The quantitative estimate of drug-likeness (QED) is 0.271. The van der Waals surface area contributed by atoms with Gasteiger partial charge >= 0.3 is 5.97 Å². The van der Waals surface area contributed by atoms with Crippen LogP contribution in [0.3, 0.4) is 0 Å².